The molecule has 1 aromatic rings. The maximum absolute atomic E-state index is 12.2. The Bertz CT molecular complexity index is 511. The molecular formula is C12H11F2NO4. The molecule has 1 aromatic carbocycles. The summed E-state index contributed by atoms with van der Waals surface area (Å²) in [4.78, 5) is 11.6. The van der Waals surface area contributed by atoms with Gasteiger partial charge in [0, 0.05) is 5.56 Å². The molecule has 1 N–H and O–H groups in total. The molecule has 0 unspecified atom stereocenters. The number of alkyl halides is 2. The van der Waals surface area contributed by atoms with E-state index in [2.05, 4.69) is 4.74 Å². The third kappa shape index (κ3) is 3.63. The van der Waals surface area contributed by atoms with Crippen LogP contribution in [0.2, 0.25) is 0 Å². The zero-order valence-corrected chi connectivity index (χ0v) is 10.0. The van der Waals surface area contributed by atoms with Gasteiger partial charge in [-0.3, -0.25) is 0 Å². The van der Waals surface area contributed by atoms with Crippen molar-refractivity contribution in [2.75, 3.05) is 6.61 Å². The zero-order chi connectivity index (χ0) is 14.4. The molecule has 0 aliphatic carbocycles. The Kier molecular flexibility index (Phi) is 5.21. The highest BCUT2D eigenvalue weighted by molar-refractivity contribution is 5.93. The fraction of sp³-hybridized carbons (Fsp3) is 0.333. The quantitative estimate of drug-likeness (QED) is 0.826. The fourth-order valence-corrected chi connectivity index (χ4v) is 1.42. The Balaban J connectivity index is 3.29. The van der Waals surface area contributed by atoms with E-state index in [0.717, 1.165) is 12.1 Å². The summed E-state index contributed by atoms with van der Waals surface area (Å²) in [7, 11) is 0. The van der Waals surface area contributed by atoms with Crippen LogP contribution in [0.4, 0.5) is 8.78 Å². The minimum absolute atomic E-state index is 0.00935. The molecule has 0 bridgehead atoms. The smallest absolute Gasteiger partial charge is 0.387 e. The first-order valence-corrected chi connectivity index (χ1v) is 5.33. The van der Waals surface area contributed by atoms with Crippen LogP contribution in [0.15, 0.2) is 12.1 Å². The Labute approximate surface area is 108 Å². The van der Waals surface area contributed by atoms with Crippen LogP contribution in [0.1, 0.15) is 28.4 Å². The summed E-state index contributed by atoms with van der Waals surface area (Å²) in [6, 6.07) is 3.82. The van der Waals surface area contributed by atoms with E-state index >= 15 is 0 Å². The summed E-state index contributed by atoms with van der Waals surface area (Å²) in [5, 5.41) is 17.9. The monoisotopic (exact) mass is 271 g/mol. The Hall–Kier alpha value is -2.20. The van der Waals surface area contributed by atoms with Gasteiger partial charge in [-0.2, -0.15) is 14.0 Å². The number of aliphatic hydroxyl groups excluding tert-OH is 1. The van der Waals surface area contributed by atoms with E-state index in [1.165, 1.54) is 0 Å². The van der Waals surface area contributed by atoms with E-state index in [9.17, 15) is 13.6 Å². The van der Waals surface area contributed by atoms with Crippen molar-refractivity contribution < 1.29 is 28.2 Å². The van der Waals surface area contributed by atoms with Crippen molar-refractivity contribution in [1.82, 2.24) is 0 Å². The molecule has 1 rings (SSSR count). The molecule has 0 aliphatic rings. The number of nitriles is 1. The topological polar surface area (TPSA) is 79.6 Å². The SMILES string of the molecule is CCOC(=O)c1cc(OC(F)F)c(CO)cc1C#N. The van der Waals surface area contributed by atoms with E-state index in [-0.39, 0.29) is 29.0 Å². The number of esters is 1. The number of carbonyl (C=O) groups excluding carboxylic acids is 1. The molecule has 5 nitrogen and oxygen atoms in total. The van der Waals surface area contributed by atoms with Gasteiger partial charge in [-0.05, 0) is 19.1 Å². The normalized spacial score (nSPS) is 10.1. The van der Waals surface area contributed by atoms with E-state index in [1.54, 1.807) is 13.0 Å². The lowest BCUT2D eigenvalue weighted by molar-refractivity contribution is -0.0510. The Morgan fingerprint density at radius 2 is 2.21 bits per heavy atom. The molecule has 0 aromatic heterocycles. The summed E-state index contributed by atoms with van der Waals surface area (Å²) in [6.45, 7) is -2.05. The van der Waals surface area contributed by atoms with Gasteiger partial charge in [0.2, 0.25) is 0 Å². The lowest BCUT2D eigenvalue weighted by Crippen LogP contribution is -2.11. The molecule has 19 heavy (non-hydrogen) atoms. The first-order valence-electron chi connectivity index (χ1n) is 5.33. The summed E-state index contributed by atoms with van der Waals surface area (Å²) in [5.74, 6) is -1.18. The predicted molar refractivity (Wildman–Crippen MR) is 59.7 cm³/mol. The van der Waals surface area contributed by atoms with Gasteiger partial charge in [0.25, 0.3) is 0 Å². The lowest BCUT2D eigenvalue weighted by Gasteiger charge is -2.12. The van der Waals surface area contributed by atoms with Crippen LogP contribution in [0, 0.1) is 11.3 Å². The van der Waals surface area contributed by atoms with Crippen molar-refractivity contribution in [3.63, 3.8) is 0 Å². The van der Waals surface area contributed by atoms with Gasteiger partial charge in [0.15, 0.2) is 0 Å². The molecule has 0 amide bonds. The number of nitrogens with zero attached hydrogens (tertiary/aromatic N) is 1. The highest BCUT2D eigenvalue weighted by Crippen LogP contribution is 2.26. The van der Waals surface area contributed by atoms with E-state index in [1.807, 2.05) is 0 Å². The second-order valence-corrected chi connectivity index (χ2v) is 3.37. The van der Waals surface area contributed by atoms with Gasteiger partial charge in [0.1, 0.15) is 11.8 Å². The van der Waals surface area contributed by atoms with Crippen molar-refractivity contribution >= 4 is 5.97 Å². The first kappa shape index (κ1) is 14.9. The zero-order valence-electron chi connectivity index (χ0n) is 10.0. The maximum Gasteiger partial charge on any atom is 0.387 e. The van der Waals surface area contributed by atoms with Crippen LogP contribution >= 0.6 is 0 Å². The minimum Gasteiger partial charge on any atom is -0.462 e. The number of benzene rings is 1. The number of rotatable bonds is 5. The van der Waals surface area contributed by atoms with Gasteiger partial charge in [-0.1, -0.05) is 0 Å². The number of ether oxygens (including phenoxy) is 2. The summed E-state index contributed by atoms with van der Waals surface area (Å²) in [6.07, 6.45) is 0. The number of carbonyl (C=O) groups is 1. The summed E-state index contributed by atoms with van der Waals surface area (Å²) < 4.78 is 33.3. The number of hydrogen-bond acceptors (Lipinski definition) is 5. The lowest BCUT2D eigenvalue weighted by atomic mass is 10.0. The van der Waals surface area contributed by atoms with E-state index in [4.69, 9.17) is 15.1 Å². The summed E-state index contributed by atoms with van der Waals surface area (Å²) >= 11 is 0. The predicted octanol–water partition coefficient (Wildman–Crippen LogP) is 1.83. The maximum atomic E-state index is 12.2. The third-order valence-electron chi connectivity index (χ3n) is 2.20. The fourth-order valence-electron chi connectivity index (χ4n) is 1.42. The molecule has 0 aliphatic heterocycles. The van der Waals surface area contributed by atoms with Gasteiger partial charge < -0.3 is 14.6 Å². The average molecular weight is 271 g/mol. The molecular weight excluding hydrogens is 260 g/mol. The first-order chi connectivity index (χ1) is 9.03. The largest absolute Gasteiger partial charge is 0.462 e. The second kappa shape index (κ2) is 6.66. The van der Waals surface area contributed by atoms with Crippen molar-refractivity contribution in [3.05, 3.63) is 28.8 Å². The van der Waals surface area contributed by atoms with Crippen LogP contribution in [-0.2, 0) is 11.3 Å². The number of halogens is 2. The van der Waals surface area contributed by atoms with Gasteiger partial charge in [-0.15, -0.1) is 0 Å². The highest BCUT2D eigenvalue weighted by atomic mass is 19.3. The van der Waals surface area contributed by atoms with Gasteiger partial charge >= 0.3 is 12.6 Å². The second-order valence-electron chi connectivity index (χ2n) is 3.37. The molecule has 0 heterocycles. The van der Waals surface area contributed by atoms with E-state index in [0.29, 0.717) is 0 Å². The molecule has 0 radical (unpaired) electrons. The molecule has 0 saturated carbocycles. The number of aliphatic hydroxyl groups is 1. The van der Waals surface area contributed by atoms with Crippen LogP contribution in [0.3, 0.4) is 0 Å². The van der Waals surface area contributed by atoms with Crippen molar-refractivity contribution in [2.24, 2.45) is 0 Å². The Morgan fingerprint density at radius 1 is 1.53 bits per heavy atom. The highest BCUT2D eigenvalue weighted by Gasteiger charge is 2.19. The van der Waals surface area contributed by atoms with Crippen LogP contribution < -0.4 is 4.74 Å². The third-order valence-corrected chi connectivity index (χ3v) is 2.20. The van der Waals surface area contributed by atoms with E-state index < -0.39 is 19.2 Å². The van der Waals surface area contributed by atoms with Crippen LogP contribution in [-0.4, -0.2) is 24.3 Å². The standard InChI is InChI=1S/C12H11F2NO4/c1-2-18-11(17)9-4-10(19-12(13)14)8(6-16)3-7(9)5-15/h3-4,12,16H,2,6H2,1H3. The minimum atomic E-state index is -3.10. The Morgan fingerprint density at radius 3 is 2.68 bits per heavy atom. The summed E-state index contributed by atoms with van der Waals surface area (Å²) in [5.41, 5.74) is -0.272. The molecule has 0 fully saturated rings. The number of hydrogen-bond donors (Lipinski definition) is 1. The molecule has 7 heteroatoms. The van der Waals surface area contributed by atoms with Gasteiger partial charge in [0.05, 0.1) is 24.3 Å². The van der Waals surface area contributed by atoms with Crippen molar-refractivity contribution in [1.29, 1.82) is 5.26 Å². The van der Waals surface area contributed by atoms with Gasteiger partial charge in [-0.25, -0.2) is 4.79 Å². The molecule has 0 atom stereocenters. The van der Waals surface area contributed by atoms with Crippen molar-refractivity contribution in [2.45, 2.75) is 20.1 Å². The molecule has 0 saturated heterocycles. The molecule has 102 valence electrons. The van der Waals surface area contributed by atoms with Crippen molar-refractivity contribution in [3.8, 4) is 11.8 Å². The van der Waals surface area contributed by atoms with Crippen LogP contribution in [0.5, 0.6) is 5.75 Å². The molecule has 0 spiro atoms. The average Bonchev–Trinajstić information content (AvgIpc) is 2.37. The van der Waals surface area contributed by atoms with Crippen LogP contribution in [0.25, 0.3) is 0 Å².